The molecule has 2 aromatic heterocycles. The van der Waals surface area contributed by atoms with Crippen molar-refractivity contribution < 1.29 is 9.53 Å². The summed E-state index contributed by atoms with van der Waals surface area (Å²) in [6, 6.07) is 9.70. The van der Waals surface area contributed by atoms with Crippen molar-refractivity contribution in [2.24, 2.45) is 5.92 Å². The van der Waals surface area contributed by atoms with Crippen molar-refractivity contribution in [1.82, 2.24) is 14.8 Å². The Morgan fingerprint density at radius 2 is 2.14 bits per heavy atom. The van der Waals surface area contributed by atoms with Crippen LogP contribution in [0.4, 0.5) is 5.82 Å². The lowest BCUT2D eigenvalue weighted by molar-refractivity contribution is -0.116. The summed E-state index contributed by atoms with van der Waals surface area (Å²) in [6.45, 7) is 1.92. The van der Waals surface area contributed by atoms with E-state index in [2.05, 4.69) is 10.4 Å². The Balaban J connectivity index is 1.49. The van der Waals surface area contributed by atoms with Gasteiger partial charge in [0.1, 0.15) is 11.6 Å². The van der Waals surface area contributed by atoms with Gasteiger partial charge >= 0.3 is 0 Å². The van der Waals surface area contributed by atoms with Crippen molar-refractivity contribution in [3.8, 4) is 22.1 Å². The Bertz CT molecular complexity index is 988. The zero-order valence-corrected chi connectivity index (χ0v) is 17.7. The van der Waals surface area contributed by atoms with E-state index >= 15 is 0 Å². The average molecular weight is 411 g/mol. The molecule has 4 rings (SSSR count). The standard InChI is InChI=1S/C22H26N4O2S/c1-15-12-20(24-21(27)11-10-16-6-3-4-7-16)26(25-15)22-23-19(14-29-22)17-8-5-9-18(13-17)28-2/h5,8-9,12-14,16H,3-4,6-7,10-11H2,1-2H3,(H,24,27). The number of anilines is 1. The van der Waals surface area contributed by atoms with E-state index in [1.165, 1.54) is 37.0 Å². The van der Waals surface area contributed by atoms with Crippen LogP contribution in [-0.4, -0.2) is 27.8 Å². The molecule has 0 bridgehead atoms. The second kappa shape index (κ2) is 8.78. The topological polar surface area (TPSA) is 69.0 Å². The first-order valence-electron chi connectivity index (χ1n) is 10.1. The fourth-order valence-corrected chi connectivity index (χ4v) is 4.65. The molecule has 1 N–H and O–H groups in total. The van der Waals surface area contributed by atoms with E-state index in [1.807, 2.05) is 42.6 Å². The third-order valence-corrected chi connectivity index (χ3v) is 6.21. The van der Waals surface area contributed by atoms with Gasteiger partial charge in [0.25, 0.3) is 0 Å². The number of carbonyl (C=O) groups excluding carboxylic acids is 1. The minimum atomic E-state index is 0.0441. The maximum absolute atomic E-state index is 12.5. The Labute approximate surface area is 174 Å². The second-order valence-corrected chi connectivity index (χ2v) is 8.40. The molecule has 6 nitrogen and oxygen atoms in total. The summed E-state index contributed by atoms with van der Waals surface area (Å²) >= 11 is 1.50. The summed E-state index contributed by atoms with van der Waals surface area (Å²) in [5.41, 5.74) is 2.68. The number of methoxy groups -OCH3 is 1. The minimum Gasteiger partial charge on any atom is -0.497 e. The molecule has 0 radical (unpaired) electrons. The molecule has 0 spiro atoms. The zero-order valence-electron chi connectivity index (χ0n) is 16.9. The molecule has 7 heteroatoms. The predicted molar refractivity (Wildman–Crippen MR) is 116 cm³/mol. The highest BCUT2D eigenvalue weighted by atomic mass is 32.1. The lowest BCUT2D eigenvalue weighted by Crippen LogP contribution is -2.15. The number of aryl methyl sites for hydroxylation is 1. The molecule has 29 heavy (non-hydrogen) atoms. The molecular weight excluding hydrogens is 384 g/mol. The van der Waals surface area contributed by atoms with E-state index in [0.717, 1.165) is 34.3 Å². The monoisotopic (exact) mass is 410 g/mol. The number of thiazole rings is 1. The Morgan fingerprint density at radius 1 is 1.31 bits per heavy atom. The summed E-state index contributed by atoms with van der Waals surface area (Å²) < 4.78 is 7.02. The molecule has 1 amide bonds. The minimum absolute atomic E-state index is 0.0441. The molecule has 152 valence electrons. The molecule has 0 unspecified atom stereocenters. The molecule has 1 fully saturated rings. The SMILES string of the molecule is COc1cccc(-c2csc(-n3nc(C)cc3NC(=O)CCC3CCCC3)n2)c1. The highest BCUT2D eigenvalue weighted by molar-refractivity contribution is 7.12. The van der Waals surface area contributed by atoms with Gasteiger partial charge in [-0.3, -0.25) is 4.79 Å². The molecule has 1 aliphatic carbocycles. The number of nitrogens with zero attached hydrogens (tertiary/aromatic N) is 3. The maximum atomic E-state index is 12.5. The fraction of sp³-hybridized carbons (Fsp3) is 0.409. The fourth-order valence-electron chi connectivity index (χ4n) is 3.85. The number of carbonyl (C=O) groups is 1. The van der Waals surface area contributed by atoms with Crippen LogP contribution in [0.5, 0.6) is 5.75 Å². The number of hydrogen-bond acceptors (Lipinski definition) is 5. The third-order valence-electron chi connectivity index (χ3n) is 5.39. The second-order valence-electron chi connectivity index (χ2n) is 7.57. The van der Waals surface area contributed by atoms with Gasteiger partial charge < -0.3 is 10.1 Å². The Morgan fingerprint density at radius 3 is 2.93 bits per heavy atom. The van der Waals surface area contributed by atoms with Gasteiger partial charge in [0.2, 0.25) is 11.0 Å². The third kappa shape index (κ3) is 4.67. The first-order chi connectivity index (χ1) is 14.1. The van der Waals surface area contributed by atoms with E-state index in [0.29, 0.717) is 18.2 Å². The molecule has 0 atom stereocenters. The number of rotatable bonds is 7. The summed E-state index contributed by atoms with van der Waals surface area (Å²) in [6.07, 6.45) is 6.65. The van der Waals surface area contributed by atoms with Gasteiger partial charge in [-0.2, -0.15) is 9.78 Å². The number of hydrogen-bond donors (Lipinski definition) is 1. The smallest absolute Gasteiger partial charge is 0.225 e. The van der Waals surface area contributed by atoms with Crippen molar-refractivity contribution in [2.45, 2.75) is 45.4 Å². The van der Waals surface area contributed by atoms with Crippen molar-refractivity contribution in [3.05, 3.63) is 41.4 Å². The molecule has 1 aromatic carbocycles. The highest BCUT2D eigenvalue weighted by Crippen LogP contribution is 2.30. The first kappa shape index (κ1) is 19.6. The van der Waals surface area contributed by atoms with E-state index in [9.17, 15) is 4.79 Å². The highest BCUT2D eigenvalue weighted by Gasteiger charge is 2.18. The molecular formula is C22H26N4O2S. The van der Waals surface area contributed by atoms with Crippen LogP contribution in [0, 0.1) is 12.8 Å². The predicted octanol–water partition coefficient (Wildman–Crippen LogP) is 5.22. The summed E-state index contributed by atoms with van der Waals surface area (Å²) in [5.74, 6) is 2.21. The van der Waals surface area contributed by atoms with Gasteiger partial charge in [-0.05, 0) is 31.4 Å². The summed E-state index contributed by atoms with van der Waals surface area (Å²) in [5, 5.41) is 10.3. The van der Waals surface area contributed by atoms with Crippen LogP contribution in [0.1, 0.15) is 44.2 Å². The lowest BCUT2D eigenvalue weighted by atomic mass is 10.0. The number of ether oxygens (including phenoxy) is 1. The van der Waals surface area contributed by atoms with Gasteiger partial charge in [0.15, 0.2) is 0 Å². The van der Waals surface area contributed by atoms with Gasteiger partial charge in [-0.1, -0.05) is 37.8 Å². The molecule has 0 saturated heterocycles. The molecule has 1 saturated carbocycles. The van der Waals surface area contributed by atoms with E-state index in [1.54, 1.807) is 11.8 Å². The van der Waals surface area contributed by atoms with Crippen LogP contribution in [0.25, 0.3) is 16.4 Å². The normalized spacial score (nSPS) is 14.3. The van der Waals surface area contributed by atoms with E-state index in [4.69, 9.17) is 9.72 Å². The molecule has 2 heterocycles. The number of amides is 1. The Hall–Kier alpha value is -2.67. The van der Waals surface area contributed by atoms with Crippen LogP contribution in [0.15, 0.2) is 35.7 Å². The van der Waals surface area contributed by atoms with Gasteiger partial charge in [-0.15, -0.1) is 11.3 Å². The maximum Gasteiger partial charge on any atom is 0.225 e. The van der Waals surface area contributed by atoms with Gasteiger partial charge in [-0.25, -0.2) is 4.98 Å². The van der Waals surface area contributed by atoms with Crippen LogP contribution in [-0.2, 0) is 4.79 Å². The quantitative estimate of drug-likeness (QED) is 0.580. The number of aromatic nitrogens is 3. The van der Waals surface area contributed by atoms with Crippen LogP contribution < -0.4 is 10.1 Å². The van der Waals surface area contributed by atoms with Crippen molar-refractivity contribution in [3.63, 3.8) is 0 Å². The largest absolute Gasteiger partial charge is 0.497 e. The van der Waals surface area contributed by atoms with E-state index in [-0.39, 0.29) is 5.91 Å². The number of nitrogens with one attached hydrogen (secondary N) is 1. The van der Waals surface area contributed by atoms with Gasteiger partial charge in [0.05, 0.1) is 18.5 Å². The number of benzene rings is 1. The molecule has 1 aliphatic rings. The summed E-state index contributed by atoms with van der Waals surface area (Å²) in [4.78, 5) is 17.2. The average Bonchev–Trinajstić information content (AvgIpc) is 3.47. The van der Waals surface area contributed by atoms with Crippen LogP contribution in [0.3, 0.4) is 0 Å². The molecule has 0 aliphatic heterocycles. The molecule has 3 aromatic rings. The first-order valence-corrected chi connectivity index (χ1v) is 11.0. The van der Waals surface area contributed by atoms with Crippen LogP contribution >= 0.6 is 11.3 Å². The van der Waals surface area contributed by atoms with Crippen LogP contribution in [0.2, 0.25) is 0 Å². The Kier molecular flexibility index (Phi) is 5.94. The van der Waals surface area contributed by atoms with Crippen molar-refractivity contribution in [2.75, 3.05) is 12.4 Å². The zero-order chi connectivity index (χ0) is 20.2. The lowest BCUT2D eigenvalue weighted by Gasteiger charge is -2.09. The van der Waals surface area contributed by atoms with E-state index < -0.39 is 0 Å². The summed E-state index contributed by atoms with van der Waals surface area (Å²) in [7, 11) is 1.65. The van der Waals surface area contributed by atoms with Crippen molar-refractivity contribution >= 4 is 23.1 Å². The van der Waals surface area contributed by atoms with Crippen molar-refractivity contribution in [1.29, 1.82) is 0 Å². The van der Waals surface area contributed by atoms with Gasteiger partial charge in [0, 0.05) is 23.4 Å².